The molecule has 0 aliphatic carbocycles. The van der Waals surface area contributed by atoms with Crippen LogP contribution >= 0.6 is 0 Å². The van der Waals surface area contributed by atoms with Crippen LogP contribution in [-0.4, -0.2) is 25.0 Å². The molecule has 0 saturated carbocycles. The third kappa shape index (κ3) is 4.96. The average molecular weight is 256 g/mol. The Morgan fingerprint density at radius 3 is 2.33 bits per heavy atom. The highest BCUT2D eigenvalue weighted by Gasteiger charge is 2.27. The zero-order valence-electron chi connectivity index (χ0n) is 10.6. The van der Waals surface area contributed by atoms with Gasteiger partial charge in [-0.05, 0) is 25.1 Å². The maximum absolute atomic E-state index is 12.5. The Morgan fingerprint density at radius 2 is 1.83 bits per heavy atom. The van der Waals surface area contributed by atoms with Gasteiger partial charge in [-0.2, -0.15) is 0 Å². The third-order valence-electron chi connectivity index (χ3n) is 2.68. The third-order valence-corrected chi connectivity index (χ3v) is 2.68. The predicted molar refractivity (Wildman–Crippen MR) is 70.2 cm³/mol. The summed E-state index contributed by atoms with van der Waals surface area (Å²) in [6.45, 7) is 1.24. The molecular formula is C13H18BF3N-. The number of halogens is 3. The van der Waals surface area contributed by atoms with Crippen molar-refractivity contribution in [1.82, 2.24) is 4.90 Å². The molecule has 1 rings (SSSR count). The topological polar surface area (TPSA) is 3.24 Å². The molecule has 0 amide bonds. The van der Waals surface area contributed by atoms with E-state index in [0.29, 0.717) is 13.1 Å². The molecule has 0 fully saturated rings. The Kier molecular flexibility index (Phi) is 5.47. The molecule has 0 atom stereocenters. The minimum Gasteiger partial charge on any atom is -0.445 e. The first-order valence-electron chi connectivity index (χ1n) is 6.07. The highest BCUT2D eigenvalue weighted by molar-refractivity contribution is 6.66. The molecule has 1 aromatic carbocycles. The molecule has 0 aromatic heterocycles. The molecule has 0 aliphatic heterocycles. The summed E-state index contributed by atoms with van der Waals surface area (Å²) in [5.74, 6) is 0. The van der Waals surface area contributed by atoms with E-state index < -0.39 is 12.4 Å². The molecule has 100 valence electrons. The van der Waals surface area contributed by atoms with Gasteiger partial charge < -0.3 is 12.9 Å². The van der Waals surface area contributed by atoms with Gasteiger partial charge in [0.2, 0.25) is 0 Å². The van der Waals surface area contributed by atoms with Gasteiger partial charge in [0.15, 0.2) is 0 Å². The Hall–Kier alpha value is -1.23. The van der Waals surface area contributed by atoms with E-state index >= 15 is 0 Å². The summed E-state index contributed by atoms with van der Waals surface area (Å²) in [6, 6.07) is 9.52. The van der Waals surface area contributed by atoms with Crippen molar-refractivity contribution in [3.63, 3.8) is 0 Å². The standard InChI is InChI=1S/C13H18BF3N/c1-3-9-18(10-12(2)14(15,16)17)11-13-7-5-4-6-8-13/h4-8H,2-3,9-11H2,1H3/q-1. The van der Waals surface area contributed by atoms with Crippen LogP contribution in [0.1, 0.15) is 18.9 Å². The smallest absolute Gasteiger partial charge is 0.445 e. The largest absolute Gasteiger partial charge is 0.506 e. The number of nitrogens with zero attached hydrogens (tertiary/aromatic N) is 1. The van der Waals surface area contributed by atoms with E-state index in [2.05, 4.69) is 6.58 Å². The van der Waals surface area contributed by atoms with Gasteiger partial charge in [-0.3, -0.25) is 4.90 Å². The van der Waals surface area contributed by atoms with Crippen LogP contribution in [0.5, 0.6) is 0 Å². The second-order valence-electron chi connectivity index (χ2n) is 4.43. The van der Waals surface area contributed by atoms with Crippen molar-refractivity contribution in [2.75, 3.05) is 13.1 Å². The van der Waals surface area contributed by atoms with Crippen molar-refractivity contribution in [3.05, 3.63) is 47.9 Å². The molecular weight excluding hydrogens is 238 g/mol. The molecule has 0 spiro atoms. The summed E-state index contributed by atoms with van der Waals surface area (Å²) in [6.07, 6.45) is 0.824. The first-order chi connectivity index (χ1) is 8.43. The van der Waals surface area contributed by atoms with Crippen molar-refractivity contribution in [2.24, 2.45) is 0 Å². The predicted octanol–water partition coefficient (Wildman–Crippen LogP) is 3.84. The van der Waals surface area contributed by atoms with Gasteiger partial charge in [-0.25, -0.2) is 0 Å². The van der Waals surface area contributed by atoms with Crippen LogP contribution in [0.2, 0.25) is 0 Å². The average Bonchev–Trinajstić information content (AvgIpc) is 2.29. The van der Waals surface area contributed by atoms with E-state index in [1.807, 2.05) is 37.3 Å². The Balaban J connectivity index is 2.63. The molecule has 0 N–H and O–H groups in total. The highest BCUT2D eigenvalue weighted by Crippen LogP contribution is 2.20. The highest BCUT2D eigenvalue weighted by atomic mass is 19.4. The number of hydrogen-bond donors (Lipinski definition) is 0. The van der Waals surface area contributed by atoms with Gasteiger partial charge in [-0.1, -0.05) is 37.3 Å². The van der Waals surface area contributed by atoms with Crippen LogP contribution in [0.4, 0.5) is 12.9 Å². The van der Waals surface area contributed by atoms with E-state index in [1.54, 1.807) is 4.90 Å². The van der Waals surface area contributed by atoms with Gasteiger partial charge >= 0.3 is 6.98 Å². The fraction of sp³-hybridized carbons (Fsp3) is 0.385. The molecule has 0 saturated heterocycles. The first-order valence-corrected chi connectivity index (χ1v) is 6.07. The van der Waals surface area contributed by atoms with Gasteiger partial charge in [0.25, 0.3) is 0 Å². The van der Waals surface area contributed by atoms with E-state index in [0.717, 1.165) is 12.0 Å². The Bertz CT molecular complexity index is 376. The molecule has 0 aliphatic rings. The summed E-state index contributed by atoms with van der Waals surface area (Å²) in [7, 11) is 0. The van der Waals surface area contributed by atoms with Crippen molar-refractivity contribution >= 4 is 6.98 Å². The summed E-state index contributed by atoms with van der Waals surface area (Å²) < 4.78 is 37.6. The van der Waals surface area contributed by atoms with Crippen LogP contribution < -0.4 is 0 Å². The fourth-order valence-electron chi connectivity index (χ4n) is 1.76. The summed E-state index contributed by atoms with van der Waals surface area (Å²) in [5.41, 5.74) is 0.396. The first kappa shape index (κ1) is 14.8. The normalized spacial score (nSPS) is 11.8. The minimum absolute atomic E-state index is 0.105. The van der Waals surface area contributed by atoms with Crippen LogP contribution in [0, 0.1) is 0 Å². The fourth-order valence-corrected chi connectivity index (χ4v) is 1.76. The quantitative estimate of drug-likeness (QED) is 0.670. The van der Waals surface area contributed by atoms with E-state index in [4.69, 9.17) is 0 Å². The Morgan fingerprint density at radius 1 is 1.22 bits per heavy atom. The molecule has 0 heterocycles. The summed E-state index contributed by atoms with van der Waals surface area (Å²) >= 11 is 0. The number of benzene rings is 1. The van der Waals surface area contributed by atoms with Gasteiger partial charge in [-0.15, -0.1) is 12.1 Å². The minimum atomic E-state index is -4.93. The van der Waals surface area contributed by atoms with E-state index in [1.165, 1.54) is 0 Å². The van der Waals surface area contributed by atoms with E-state index in [-0.39, 0.29) is 6.54 Å². The SMILES string of the molecule is C=C(CN(CCC)Cc1ccccc1)[B-](F)(F)F. The van der Waals surface area contributed by atoms with Crippen LogP contribution in [0.3, 0.4) is 0 Å². The monoisotopic (exact) mass is 256 g/mol. The number of hydrogen-bond acceptors (Lipinski definition) is 1. The lowest BCUT2D eigenvalue weighted by Crippen LogP contribution is -2.33. The Labute approximate surface area is 106 Å². The molecule has 0 bridgehead atoms. The molecule has 18 heavy (non-hydrogen) atoms. The van der Waals surface area contributed by atoms with Crippen molar-refractivity contribution in [1.29, 1.82) is 0 Å². The van der Waals surface area contributed by atoms with Gasteiger partial charge in [0.05, 0.1) is 0 Å². The molecule has 0 unspecified atom stereocenters. The summed E-state index contributed by atoms with van der Waals surface area (Å²) in [5, 5.41) is 0. The van der Waals surface area contributed by atoms with Crippen LogP contribution in [-0.2, 0) is 6.54 Å². The van der Waals surface area contributed by atoms with Crippen LogP contribution in [0.25, 0.3) is 0 Å². The zero-order valence-corrected chi connectivity index (χ0v) is 10.6. The van der Waals surface area contributed by atoms with Gasteiger partial charge in [0.1, 0.15) is 0 Å². The van der Waals surface area contributed by atoms with E-state index in [9.17, 15) is 12.9 Å². The van der Waals surface area contributed by atoms with Crippen molar-refractivity contribution < 1.29 is 12.9 Å². The molecule has 1 nitrogen and oxygen atoms in total. The van der Waals surface area contributed by atoms with Crippen molar-refractivity contribution in [3.8, 4) is 0 Å². The maximum Gasteiger partial charge on any atom is 0.506 e. The van der Waals surface area contributed by atoms with Crippen molar-refractivity contribution in [2.45, 2.75) is 19.9 Å². The van der Waals surface area contributed by atoms with Gasteiger partial charge in [0, 0.05) is 6.54 Å². The molecule has 5 heteroatoms. The second kappa shape index (κ2) is 6.64. The molecule has 0 radical (unpaired) electrons. The second-order valence-corrected chi connectivity index (χ2v) is 4.43. The van der Waals surface area contributed by atoms with Crippen LogP contribution in [0.15, 0.2) is 42.4 Å². The lowest BCUT2D eigenvalue weighted by atomic mass is 9.80. The zero-order chi connectivity index (χ0) is 13.6. The molecule has 1 aromatic rings. The lowest BCUT2D eigenvalue weighted by molar-refractivity contribution is 0.287. The maximum atomic E-state index is 12.5. The summed E-state index contributed by atoms with van der Waals surface area (Å²) in [4.78, 5) is 1.78. The number of rotatable bonds is 7. The lowest BCUT2D eigenvalue weighted by Gasteiger charge is -2.27.